The van der Waals surface area contributed by atoms with Crippen LogP contribution in [0.5, 0.6) is 0 Å². The molecule has 2 saturated heterocycles. The summed E-state index contributed by atoms with van der Waals surface area (Å²) in [4.78, 5) is 14.9. The first-order valence-electron chi connectivity index (χ1n) is 10.9. The van der Waals surface area contributed by atoms with E-state index in [0.29, 0.717) is 50.9 Å². The second-order valence-corrected chi connectivity index (χ2v) is 10.2. The van der Waals surface area contributed by atoms with E-state index in [1.165, 1.54) is 15.2 Å². The quantitative estimate of drug-likeness (QED) is 0.649. The van der Waals surface area contributed by atoms with E-state index < -0.39 is 15.9 Å². The number of piperazine rings is 1. The number of hydrogen-bond acceptors (Lipinski definition) is 6. The summed E-state index contributed by atoms with van der Waals surface area (Å²) >= 11 is 6.09. The van der Waals surface area contributed by atoms with Crippen molar-refractivity contribution in [1.82, 2.24) is 19.4 Å². The van der Waals surface area contributed by atoms with Gasteiger partial charge in [-0.1, -0.05) is 17.7 Å². The van der Waals surface area contributed by atoms with Gasteiger partial charge >= 0.3 is 0 Å². The maximum atomic E-state index is 13.4. The van der Waals surface area contributed by atoms with E-state index in [4.69, 9.17) is 16.3 Å². The Hall–Kier alpha value is -2.14. The van der Waals surface area contributed by atoms with E-state index in [1.807, 2.05) is 25.1 Å². The Bertz CT molecular complexity index is 1060. The molecule has 0 saturated carbocycles. The van der Waals surface area contributed by atoms with E-state index in [1.54, 1.807) is 6.07 Å². The number of sulfonamides is 1. The van der Waals surface area contributed by atoms with Crippen molar-refractivity contribution in [3.63, 3.8) is 0 Å². The third kappa shape index (κ3) is 4.93. The Morgan fingerprint density at radius 3 is 2.72 bits per heavy atom. The molecular formula is C21H28ClN5O4S. The SMILES string of the molecule is CCn1cc(C(=O)NC[C@H]2CCCO2)c(S(=O)(=O)N2CCN(c3cccc(Cl)c3)CC2)n1. The minimum Gasteiger partial charge on any atom is -0.376 e. The van der Waals surface area contributed by atoms with Gasteiger partial charge in [-0.25, -0.2) is 8.42 Å². The molecule has 0 radical (unpaired) electrons. The molecule has 0 bridgehead atoms. The number of aromatic nitrogens is 2. The number of ether oxygens (including phenoxy) is 1. The van der Waals surface area contributed by atoms with Gasteiger partial charge in [0.15, 0.2) is 0 Å². The van der Waals surface area contributed by atoms with Crippen molar-refractivity contribution in [2.75, 3.05) is 44.2 Å². The molecule has 4 rings (SSSR count). The van der Waals surface area contributed by atoms with Crippen LogP contribution in [0.25, 0.3) is 0 Å². The van der Waals surface area contributed by atoms with Crippen LogP contribution in [0.2, 0.25) is 5.02 Å². The summed E-state index contributed by atoms with van der Waals surface area (Å²) in [6.45, 7) is 4.99. The van der Waals surface area contributed by atoms with E-state index in [9.17, 15) is 13.2 Å². The van der Waals surface area contributed by atoms with Crippen molar-refractivity contribution in [1.29, 1.82) is 0 Å². The second-order valence-electron chi connectivity index (χ2n) is 7.92. The Kier molecular flexibility index (Phi) is 7.04. The standard InChI is InChI=1S/C21H28ClN5O4S/c1-2-26-15-19(20(28)23-14-18-7-4-12-31-18)21(24-26)32(29,30)27-10-8-25(9-11-27)17-6-3-5-16(22)13-17/h3,5-6,13,15,18H,2,4,7-12,14H2,1H3,(H,23,28)/t18-/m1/s1. The van der Waals surface area contributed by atoms with E-state index in [2.05, 4.69) is 15.3 Å². The van der Waals surface area contributed by atoms with E-state index >= 15 is 0 Å². The number of aryl methyl sites for hydroxylation is 1. The van der Waals surface area contributed by atoms with Gasteiger partial charge in [-0.05, 0) is 38.0 Å². The number of benzene rings is 1. The van der Waals surface area contributed by atoms with Crippen LogP contribution in [0.4, 0.5) is 5.69 Å². The minimum atomic E-state index is -3.92. The first-order valence-corrected chi connectivity index (χ1v) is 12.7. The zero-order chi connectivity index (χ0) is 22.7. The number of nitrogens with one attached hydrogen (secondary N) is 1. The molecule has 0 aliphatic carbocycles. The summed E-state index contributed by atoms with van der Waals surface area (Å²) in [5.74, 6) is -0.448. The predicted octanol–water partition coefficient (Wildman–Crippen LogP) is 1.98. The van der Waals surface area contributed by atoms with Crippen LogP contribution in [0.15, 0.2) is 35.5 Å². The van der Waals surface area contributed by atoms with Gasteiger partial charge in [0.25, 0.3) is 15.9 Å². The van der Waals surface area contributed by atoms with Gasteiger partial charge in [0, 0.05) is 62.8 Å². The molecule has 3 heterocycles. The number of amides is 1. The lowest BCUT2D eigenvalue weighted by Gasteiger charge is -2.35. The molecule has 1 aromatic heterocycles. The van der Waals surface area contributed by atoms with Crippen molar-refractivity contribution < 1.29 is 17.9 Å². The molecule has 32 heavy (non-hydrogen) atoms. The highest BCUT2D eigenvalue weighted by Crippen LogP contribution is 2.24. The van der Waals surface area contributed by atoms with Crippen molar-refractivity contribution in [3.8, 4) is 0 Å². The molecule has 0 spiro atoms. The number of hydrogen-bond donors (Lipinski definition) is 1. The fraction of sp³-hybridized carbons (Fsp3) is 0.524. The lowest BCUT2D eigenvalue weighted by Crippen LogP contribution is -2.49. The largest absolute Gasteiger partial charge is 0.376 e. The first-order chi connectivity index (χ1) is 15.4. The van der Waals surface area contributed by atoms with Gasteiger partial charge < -0.3 is 15.0 Å². The number of halogens is 1. The predicted molar refractivity (Wildman–Crippen MR) is 122 cm³/mol. The van der Waals surface area contributed by atoms with Gasteiger partial charge in [0.2, 0.25) is 5.03 Å². The second kappa shape index (κ2) is 9.78. The van der Waals surface area contributed by atoms with E-state index in [-0.39, 0.29) is 16.7 Å². The molecule has 2 aliphatic rings. The normalized spacial score (nSPS) is 19.9. The van der Waals surface area contributed by atoms with Crippen LogP contribution < -0.4 is 10.2 Å². The zero-order valence-electron chi connectivity index (χ0n) is 18.0. The van der Waals surface area contributed by atoms with Crippen LogP contribution in [0.3, 0.4) is 0 Å². The highest BCUT2D eigenvalue weighted by Gasteiger charge is 2.35. The first kappa shape index (κ1) is 23.0. The molecule has 1 aromatic carbocycles. The van der Waals surface area contributed by atoms with E-state index in [0.717, 1.165) is 18.5 Å². The average molecular weight is 482 g/mol. The fourth-order valence-corrected chi connectivity index (χ4v) is 5.71. The Morgan fingerprint density at radius 2 is 2.06 bits per heavy atom. The summed E-state index contributed by atoms with van der Waals surface area (Å²) in [6.07, 6.45) is 3.32. The van der Waals surface area contributed by atoms with Crippen LogP contribution >= 0.6 is 11.6 Å². The zero-order valence-corrected chi connectivity index (χ0v) is 19.6. The maximum Gasteiger partial charge on any atom is 0.263 e. The highest BCUT2D eigenvalue weighted by atomic mass is 35.5. The smallest absolute Gasteiger partial charge is 0.263 e. The lowest BCUT2D eigenvalue weighted by molar-refractivity contribution is 0.0855. The molecule has 1 N–H and O–H groups in total. The van der Waals surface area contributed by atoms with Gasteiger partial charge in [-0.2, -0.15) is 9.40 Å². The summed E-state index contributed by atoms with van der Waals surface area (Å²) in [5.41, 5.74) is 1.03. The minimum absolute atomic E-state index is 0.0280. The van der Waals surface area contributed by atoms with Crippen LogP contribution in [0.1, 0.15) is 30.1 Å². The summed E-state index contributed by atoms with van der Waals surface area (Å²) < 4.78 is 35.2. The Balaban J connectivity index is 1.48. The molecular weight excluding hydrogens is 454 g/mol. The van der Waals surface area contributed by atoms with Gasteiger partial charge in [-0.3, -0.25) is 9.48 Å². The summed E-state index contributed by atoms with van der Waals surface area (Å²) in [6, 6.07) is 7.50. The van der Waals surface area contributed by atoms with Crippen molar-refractivity contribution in [2.24, 2.45) is 0 Å². The lowest BCUT2D eigenvalue weighted by atomic mass is 10.2. The van der Waals surface area contributed by atoms with Crippen molar-refractivity contribution >= 4 is 33.2 Å². The Labute approximate surface area is 193 Å². The summed E-state index contributed by atoms with van der Waals surface area (Å²) in [5, 5.41) is 7.48. The van der Waals surface area contributed by atoms with Crippen molar-refractivity contribution in [3.05, 3.63) is 41.0 Å². The molecule has 2 fully saturated rings. The molecule has 174 valence electrons. The highest BCUT2D eigenvalue weighted by molar-refractivity contribution is 7.89. The van der Waals surface area contributed by atoms with Crippen LogP contribution in [0, 0.1) is 0 Å². The molecule has 1 amide bonds. The Morgan fingerprint density at radius 1 is 1.28 bits per heavy atom. The molecule has 2 aliphatic heterocycles. The maximum absolute atomic E-state index is 13.4. The third-order valence-corrected chi connectivity index (χ3v) is 7.88. The van der Waals surface area contributed by atoms with Gasteiger partial charge in [0.1, 0.15) is 0 Å². The topological polar surface area (TPSA) is 96.8 Å². The number of anilines is 1. The number of carbonyl (C=O) groups excluding carboxylic acids is 1. The molecule has 1 atom stereocenters. The molecule has 0 unspecified atom stereocenters. The van der Waals surface area contributed by atoms with Gasteiger partial charge in [-0.15, -0.1) is 0 Å². The average Bonchev–Trinajstić information content (AvgIpc) is 3.48. The number of carbonyl (C=O) groups is 1. The number of nitrogens with zero attached hydrogens (tertiary/aromatic N) is 4. The number of rotatable bonds is 7. The fourth-order valence-electron chi connectivity index (χ4n) is 4.00. The van der Waals surface area contributed by atoms with Crippen molar-refractivity contribution in [2.45, 2.75) is 37.4 Å². The molecule has 9 nitrogen and oxygen atoms in total. The molecule has 11 heteroatoms. The third-order valence-electron chi connectivity index (χ3n) is 5.81. The van der Waals surface area contributed by atoms with Crippen LogP contribution in [-0.4, -0.2) is 73.8 Å². The van der Waals surface area contributed by atoms with Gasteiger partial charge in [0.05, 0.1) is 11.7 Å². The van der Waals surface area contributed by atoms with Crippen LogP contribution in [-0.2, 0) is 21.3 Å². The monoisotopic (exact) mass is 481 g/mol. The molecule has 2 aromatic rings. The summed E-state index contributed by atoms with van der Waals surface area (Å²) in [7, 11) is -3.92.